The third-order valence-corrected chi connectivity index (χ3v) is 2.00. The molecule has 0 N–H and O–H groups in total. The van der Waals surface area contributed by atoms with Gasteiger partial charge in [-0.2, -0.15) is 0 Å². The molecule has 4 heteroatoms. The van der Waals surface area contributed by atoms with Gasteiger partial charge in [-0.05, 0) is 6.07 Å². The predicted molar refractivity (Wildman–Crippen MR) is 56.5 cm³/mol. The van der Waals surface area contributed by atoms with E-state index in [-0.39, 0.29) is 17.8 Å². The van der Waals surface area contributed by atoms with Gasteiger partial charge in [-0.1, -0.05) is 20.8 Å². The Labute approximate surface area is 89.7 Å². The van der Waals surface area contributed by atoms with Crippen LogP contribution in [0.25, 0.3) is 0 Å². The molecular formula is C11H16N2O2. The zero-order valence-electron chi connectivity index (χ0n) is 9.57. The van der Waals surface area contributed by atoms with Gasteiger partial charge in [-0.15, -0.1) is 0 Å². The van der Waals surface area contributed by atoms with Crippen LogP contribution < -0.4 is 0 Å². The van der Waals surface area contributed by atoms with Crippen molar-refractivity contribution in [2.75, 3.05) is 7.11 Å². The fourth-order valence-corrected chi connectivity index (χ4v) is 1.10. The van der Waals surface area contributed by atoms with Gasteiger partial charge in [0.05, 0.1) is 7.11 Å². The molecule has 1 aromatic heterocycles. The van der Waals surface area contributed by atoms with E-state index in [1.165, 1.54) is 7.11 Å². The van der Waals surface area contributed by atoms with Crippen molar-refractivity contribution in [3.05, 3.63) is 23.8 Å². The molecule has 0 spiro atoms. The molecule has 0 bridgehead atoms. The first-order valence-corrected chi connectivity index (χ1v) is 4.82. The van der Waals surface area contributed by atoms with Gasteiger partial charge >= 0.3 is 5.97 Å². The van der Waals surface area contributed by atoms with Crippen LogP contribution in [0.4, 0.5) is 0 Å². The molecule has 0 aliphatic rings. The van der Waals surface area contributed by atoms with Crippen molar-refractivity contribution in [3.8, 4) is 0 Å². The van der Waals surface area contributed by atoms with Gasteiger partial charge < -0.3 is 4.74 Å². The summed E-state index contributed by atoms with van der Waals surface area (Å²) in [5.41, 5.74) is 0.893. The summed E-state index contributed by atoms with van der Waals surface area (Å²) in [5, 5.41) is 0. The number of ether oxygens (including phenoxy) is 1. The van der Waals surface area contributed by atoms with Crippen LogP contribution in [0, 0.1) is 0 Å². The summed E-state index contributed by atoms with van der Waals surface area (Å²) in [6.07, 6.45) is 1.80. The Morgan fingerprint density at radius 2 is 2.13 bits per heavy atom. The Morgan fingerprint density at radius 1 is 1.47 bits per heavy atom. The number of carbonyl (C=O) groups is 1. The quantitative estimate of drug-likeness (QED) is 0.691. The fourth-order valence-electron chi connectivity index (χ4n) is 1.10. The first-order valence-electron chi connectivity index (χ1n) is 4.82. The maximum atomic E-state index is 11.0. The van der Waals surface area contributed by atoms with Crippen LogP contribution in [0.1, 0.15) is 32.3 Å². The first kappa shape index (κ1) is 11.6. The van der Waals surface area contributed by atoms with Crippen LogP contribution >= 0.6 is 0 Å². The van der Waals surface area contributed by atoms with Gasteiger partial charge in [-0.25, -0.2) is 9.97 Å². The third kappa shape index (κ3) is 3.31. The number of rotatable bonds is 2. The van der Waals surface area contributed by atoms with Crippen molar-refractivity contribution >= 4 is 5.97 Å². The molecule has 0 atom stereocenters. The zero-order chi connectivity index (χ0) is 11.5. The minimum absolute atomic E-state index is 0.0339. The number of hydrogen-bond donors (Lipinski definition) is 0. The molecule has 0 amide bonds. The minimum atomic E-state index is -0.318. The van der Waals surface area contributed by atoms with Crippen molar-refractivity contribution in [2.45, 2.75) is 32.6 Å². The predicted octanol–water partition coefficient (Wildman–Crippen LogP) is 1.49. The van der Waals surface area contributed by atoms with Crippen molar-refractivity contribution < 1.29 is 9.53 Å². The Hall–Kier alpha value is -1.45. The van der Waals surface area contributed by atoms with Crippen LogP contribution in [-0.2, 0) is 21.4 Å². The van der Waals surface area contributed by atoms with E-state index in [1.807, 2.05) is 6.07 Å². The molecule has 0 aliphatic carbocycles. The zero-order valence-corrected chi connectivity index (χ0v) is 9.57. The molecule has 0 fully saturated rings. The summed E-state index contributed by atoms with van der Waals surface area (Å²) in [6, 6.07) is 1.86. The number of carbonyl (C=O) groups excluding carboxylic acids is 1. The minimum Gasteiger partial charge on any atom is -0.469 e. The van der Waals surface area contributed by atoms with Gasteiger partial charge in [0.1, 0.15) is 12.2 Å². The second-order valence-corrected chi connectivity index (χ2v) is 4.36. The van der Waals surface area contributed by atoms with Crippen LogP contribution in [0.15, 0.2) is 12.3 Å². The van der Waals surface area contributed by atoms with Crippen molar-refractivity contribution in [1.29, 1.82) is 0 Å². The summed E-state index contributed by atoms with van der Waals surface area (Å²) < 4.78 is 4.56. The van der Waals surface area contributed by atoms with E-state index in [1.54, 1.807) is 6.20 Å². The van der Waals surface area contributed by atoms with Crippen LogP contribution in [0.3, 0.4) is 0 Å². The lowest BCUT2D eigenvalue weighted by Crippen LogP contribution is -2.16. The third-order valence-electron chi connectivity index (χ3n) is 2.00. The second-order valence-electron chi connectivity index (χ2n) is 4.36. The van der Waals surface area contributed by atoms with E-state index >= 15 is 0 Å². The lowest BCUT2D eigenvalue weighted by atomic mass is 9.92. The lowest BCUT2D eigenvalue weighted by molar-refractivity contribution is -0.139. The topological polar surface area (TPSA) is 52.1 Å². The van der Waals surface area contributed by atoms with E-state index < -0.39 is 0 Å². The number of methoxy groups -OCH3 is 1. The van der Waals surface area contributed by atoms with Gasteiger partial charge in [0, 0.05) is 17.3 Å². The lowest BCUT2D eigenvalue weighted by Gasteiger charge is -2.17. The smallest absolute Gasteiger partial charge is 0.313 e. The number of aromatic nitrogens is 2. The van der Waals surface area contributed by atoms with E-state index in [4.69, 9.17) is 0 Å². The van der Waals surface area contributed by atoms with Crippen LogP contribution in [0.2, 0.25) is 0 Å². The van der Waals surface area contributed by atoms with Crippen molar-refractivity contribution in [2.24, 2.45) is 0 Å². The number of esters is 1. The Bertz CT molecular complexity index is 356. The van der Waals surface area contributed by atoms with E-state index in [0.717, 1.165) is 5.69 Å². The molecule has 0 aromatic carbocycles. The van der Waals surface area contributed by atoms with Crippen LogP contribution in [-0.4, -0.2) is 23.0 Å². The highest BCUT2D eigenvalue weighted by atomic mass is 16.5. The second kappa shape index (κ2) is 4.38. The summed E-state index contributed by atoms with van der Waals surface area (Å²) in [7, 11) is 1.36. The van der Waals surface area contributed by atoms with Gasteiger partial charge in [0.2, 0.25) is 0 Å². The molecule has 0 unspecified atom stereocenters. The normalized spacial score (nSPS) is 11.2. The van der Waals surface area contributed by atoms with Gasteiger partial charge in [0.15, 0.2) is 0 Å². The molecule has 15 heavy (non-hydrogen) atoms. The molecular weight excluding hydrogens is 192 g/mol. The van der Waals surface area contributed by atoms with Gasteiger partial charge in [-0.3, -0.25) is 4.79 Å². The van der Waals surface area contributed by atoms with E-state index in [0.29, 0.717) is 5.82 Å². The number of nitrogens with zero attached hydrogens (tertiary/aromatic N) is 2. The number of hydrogen-bond acceptors (Lipinski definition) is 4. The summed E-state index contributed by atoms with van der Waals surface area (Å²) in [6.45, 7) is 6.20. The Kier molecular flexibility index (Phi) is 3.39. The molecule has 1 aromatic rings. The van der Waals surface area contributed by atoms with Crippen molar-refractivity contribution in [1.82, 2.24) is 9.97 Å². The first-order chi connectivity index (χ1) is 6.93. The highest BCUT2D eigenvalue weighted by molar-refractivity contribution is 5.71. The van der Waals surface area contributed by atoms with E-state index in [2.05, 4.69) is 35.5 Å². The average Bonchev–Trinajstić information content (AvgIpc) is 2.17. The fraction of sp³-hybridized carbons (Fsp3) is 0.545. The maximum absolute atomic E-state index is 11.0. The summed E-state index contributed by atoms with van der Waals surface area (Å²) >= 11 is 0. The molecule has 0 saturated carbocycles. The largest absolute Gasteiger partial charge is 0.469 e. The maximum Gasteiger partial charge on any atom is 0.313 e. The molecule has 1 heterocycles. The summed E-state index contributed by atoms with van der Waals surface area (Å²) in [4.78, 5) is 19.4. The SMILES string of the molecule is COC(=O)Cc1nccc(C(C)(C)C)n1. The summed E-state index contributed by atoms with van der Waals surface area (Å²) in [5.74, 6) is 0.190. The molecule has 0 saturated heterocycles. The average molecular weight is 208 g/mol. The Balaban J connectivity index is 2.88. The monoisotopic (exact) mass is 208 g/mol. The van der Waals surface area contributed by atoms with Crippen molar-refractivity contribution in [3.63, 3.8) is 0 Å². The van der Waals surface area contributed by atoms with E-state index in [9.17, 15) is 4.79 Å². The Morgan fingerprint density at radius 3 is 2.67 bits per heavy atom. The van der Waals surface area contributed by atoms with Crippen LogP contribution in [0.5, 0.6) is 0 Å². The molecule has 4 nitrogen and oxygen atoms in total. The highest BCUT2D eigenvalue weighted by Crippen LogP contribution is 2.19. The standard InChI is InChI=1S/C11H16N2O2/c1-11(2,3)8-5-6-12-9(13-8)7-10(14)15-4/h5-6H,7H2,1-4H3. The molecule has 82 valence electrons. The molecule has 0 radical (unpaired) electrons. The molecule has 0 aliphatic heterocycles. The molecule has 1 rings (SSSR count). The van der Waals surface area contributed by atoms with Gasteiger partial charge in [0.25, 0.3) is 0 Å². The highest BCUT2D eigenvalue weighted by Gasteiger charge is 2.16.